The molecule has 4 rings (SSSR count). The second-order valence-corrected chi connectivity index (χ2v) is 7.05. The van der Waals surface area contributed by atoms with E-state index in [2.05, 4.69) is 56.5 Å². The zero-order chi connectivity index (χ0) is 17.1. The van der Waals surface area contributed by atoms with Crippen molar-refractivity contribution >= 4 is 23.1 Å². The molecule has 3 heterocycles. The van der Waals surface area contributed by atoms with Crippen LogP contribution in [0.2, 0.25) is 0 Å². The molecule has 0 amide bonds. The number of H-pyrrole nitrogens is 1. The van der Waals surface area contributed by atoms with Crippen molar-refractivity contribution in [3.8, 4) is 22.8 Å². The summed E-state index contributed by atoms with van der Waals surface area (Å²) >= 11 is 3.07. The number of thioether (sulfide) groups is 1. The summed E-state index contributed by atoms with van der Waals surface area (Å²) in [5, 5.41) is 15.9. The smallest absolute Gasteiger partial charge is 0.237 e. The van der Waals surface area contributed by atoms with Crippen molar-refractivity contribution in [2.45, 2.75) is 24.3 Å². The number of rotatable bonds is 6. The number of aromatic amines is 1. The second-order valence-electron chi connectivity index (χ2n) is 5.33. The first kappa shape index (κ1) is 16.0. The summed E-state index contributed by atoms with van der Waals surface area (Å²) in [7, 11) is 0. The number of nitrogens with zero attached hydrogens (tertiary/aromatic N) is 4. The molecule has 0 aliphatic heterocycles. The van der Waals surface area contributed by atoms with Gasteiger partial charge in [0.25, 0.3) is 0 Å². The molecule has 4 aromatic rings. The lowest BCUT2D eigenvalue weighted by Gasteiger charge is -1.98. The van der Waals surface area contributed by atoms with E-state index in [1.807, 2.05) is 16.8 Å². The Morgan fingerprint density at radius 1 is 1.12 bits per heavy atom. The molecule has 25 heavy (non-hydrogen) atoms. The average Bonchev–Trinajstić information content (AvgIpc) is 3.41. The molecule has 0 saturated heterocycles. The molecule has 126 valence electrons. The fraction of sp³-hybridized carbons (Fsp3) is 0.176. The maximum Gasteiger partial charge on any atom is 0.237 e. The van der Waals surface area contributed by atoms with Crippen molar-refractivity contribution in [1.82, 2.24) is 25.3 Å². The van der Waals surface area contributed by atoms with E-state index < -0.39 is 0 Å². The number of thiophene rings is 1. The van der Waals surface area contributed by atoms with Crippen molar-refractivity contribution in [3.05, 3.63) is 52.5 Å². The fourth-order valence-corrected chi connectivity index (χ4v) is 3.56. The molecule has 0 spiro atoms. The van der Waals surface area contributed by atoms with Crippen LogP contribution in [0.25, 0.3) is 22.8 Å². The highest BCUT2D eigenvalue weighted by molar-refractivity contribution is 7.98. The van der Waals surface area contributed by atoms with Crippen LogP contribution in [0.3, 0.4) is 0 Å². The summed E-state index contributed by atoms with van der Waals surface area (Å²) in [6.07, 6.45) is 1.02. The zero-order valence-corrected chi connectivity index (χ0v) is 15.1. The Hall–Kier alpha value is -2.45. The Kier molecular flexibility index (Phi) is 4.62. The van der Waals surface area contributed by atoms with E-state index in [9.17, 15) is 0 Å². The van der Waals surface area contributed by atoms with Crippen LogP contribution in [-0.2, 0) is 12.2 Å². The molecule has 0 bridgehead atoms. The predicted molar refractivity (Wildman–Crippen MR) is 98.4 cm³/mol. The second kappa shape index (κ2) is 7.20. The Bertz CT molecular complexity index is 944. The molecular weight excluding hydrogens is 354 g/mol. The van der Waals surface area contributed by atoms with E-state index in [1.165, 1.54) is 17.3 Å². The van der Waals surface area contributed by atoms with Gasteiger partial charge < -0.3 is 4.52 Å². The molecule has 0 aliphatic rings. The molecule has 0 atom stereocenters. The largest absolute Gasteiger partial charge is 0.338 e. The van der Waals surface area contributed by atoms with Crippen molar-refractivity contribution in [3.63, 3.8) is 0 Å². The highest BCUT2D eigenvalue weighted by Crippen LogP contribution is 2.24. The van der Waals surface area contributed by atoms with Crippen molar-refractivity contribution in [2.24, 2.45) is 0 Å². The maximum absolute atomic E-state index is 5.28. The predicted octanol–water partition coefficient (Wildman–Crippen LogP) is 4.44. The summed E-state index contributed by atoms with van der Waals surface area (Å²) in [5.41, 5.74) is 3.30. The third kappa shape index (κ3) is 3.64. The van der Waals surface area contributed by atoms with Crippen LogP contribution in [0.4, 0.5) is 0 Å². The first-order valence-corrected chi connectivity index (χ1v) is 9.74. The van der Waals surface area contributed by atoms with E-state index in [1.54, 1.807) is 11.3 Å². The summed E-state index contributed by atoms with van der Waals surface area (Å²) < 4.78 is 5.28. The van der Waals surface area contributed by atoms with Crippen molar-refractivity contribution in [1.29, 1.82) is 0 Å². The molecule has 1 aromatic carbocycles. The third-order valence-corrected chi connectivity index (χ3v) is 5.19. The minimum Gasteiger partial charge on any atom is -0.338 e. The van der Waals surface area contributed by atoms with Gasteiger partial charge in [-0.3, -0.25) is 5.10 Å². The van der Waals surface area contributed by atoms with Crippen LogP contribution in [-0.4, -0.2) is 25.3 Å². The monoisotopic (exact) mass is 369 g/mol. The lowest BCUT2D eigenvalue weighted by molar-refractivity contribution is 0.391. The Labute approximate surface area is 152 Å². The van der Waals surface area contributed by atoms with Crippen LogP contribution in [0, 0.1) is 0 Å². The normalized spacial score (nSPS) is 11.1. The first-order valence-electron chi connectivity index (χ1n) is 7.81. The summed E-state index contributed by atoms with van der Waals surface area (Å²) in [6, 6.07) is 10.3. The van der Waals surface area contributed by atoms with Gasteiger partial charge in [-0.2, -0.15) is 16.3 Å². The lowest BCUT2D eigenvalue weighted by Crippen LogP contribution is -1.84. The molecule has 0 radical (unpaired) electrons. The van der Waals surface area contributed by atoms with Gasteiger partial charge in [0.2, 0.25) is 16.9 Å². The van der Waals surface area contributed by atoms with Gasteiger partial charge in [0, 0.05) is 16.5 Å². The summed E-state index contributed by atoms with van der Waals surface area (Å²) in [4.78, 5) is 8.91. The molecule has 0 aliphatic carbocycles. The van der Waals surface area contributed by atoms with Crippen LogP contribution in [0.15, 0.2) is 50.8 Å². The molecule has 8 heteroatoms. The van der Waals surface area contributed by atoms with Gasteiger partial charge >= 0.3 is 0 Å². The first-order chi connectivity index (χ1) is 12.3. The van der Waals surface area contributed by atoms with Crippen molar-refractivity contribution < 1.29 is 4.52 Å². The van der Waals surface area contributed by atoms with Gasteiger partial charge in [-0.1, -0.05) is 48.1 Å². The zero-order valence-electron chi connectivity index (χ0n) is 13.5. The van der Waals surface area contributed by atoms with Crippen molar-refractivity contribution in [2.75, 3.05) is 0 Å². The maximum atomic E-state index is 5.28. The summed E-state index contributed by atoms with van der Waals surface area (Å²) in [6.45, 7) is 2.14. The van der Waals surface area contributed by atoms with E-state index in [0.717, 1.165) is 23.4 Å². The Morgan fingerprint density at radius 3 is 2.76 bits per heavy atom. The number of aromatic nitrogens is 5. The van der Waals surface area contributed by atoms with Gasteiger partial charge in [0.05, 0.1) is 5.75 Å². The van der Waals surface area contributed by atoms with Crippen LogP contribution < -0.4 is 0 Å². The standard InChI is InChI=1S/C17H15N5OS2/c1-2-11-3-5-12(6-4-11)15-19-17(21-20-15)25-10-14-18-16(22-23-14)13-7-8-24-9-13/h3-9H,2,10H2,1H3,(H,19,20,21). The topological polar surface area (TPSA) is 80.5 Å². The molecule has 6 nitrogen and oxygen atoms in total. The van der Waals surface area contributed by atoms with Crippen LogP contribution in [0.5, 0.6) is 0 Å². The fourth-order valence-electron chi connectivity index (χ4n) is 2.29. The number of benzene rings is 1. The van der Waals surface area contributed by atoms with Crippen LogP contribution >= 0.6 is 23.1 Å². The number of hydrogen-bond donors (Lipinski definition) is 1. The van der Waals surface area contributed by atoms with Crippen LogP contribution in [0.1, 0.15) is 18.4 Å². The quantitative estimate of drug-likeness (QED) is 0.506. The minimum atomic E-state index is 0.531. The SMILES string of the molecule is CCc1ccc(-c2nc(SCc3nc(-c4ccsc4)no3)n[nH]2)cc1. The van der Waals surface area contributed by atoms with Gasteiger partial charge in [-0.15, -0.1) is 5.10 Å². The number of hydrogen-bond acceptors (Lipinski definition) is 7. The Balaban J connectivity index is 1.41. The summed E-state index contributed by atoms with van der Waals surface area (Å²) in [5.74, 6) is 2.46. The molecule has 1 N–H and O–H groups in total. The van der Waals surface area contributed by atoms with E-state index >= 15 is 0 Å². The molecule has 0 fully saturated rings. The van der Waals surface area contributed by atoms with E-state index in [4.69, 9.17) is 4.52 Å². The highest BCUT2D eigenvalue weighted by Gasteiger charge is 2.11. The van der Waals surface area contributed by atoms with Gasteiger partial charge in [0.1, 0.15) is 0 Å². The molecule has 0 saturated carbocycles. The van der Waals surface area contributed by atoms with E-state index in [0.29, 0.717) is 22.6 Å². The molecule has 3 aromatic heterocycles. The van der Waals surface area contributed by atoms with Gasteiger partial charge in [-0.05, 0) is 23.4 Å². The molecule has 0 unspecified atom stereocenters. The number of nitrogens with one attached hydrogen (secondary N) is 1. The average molecular weight is 369 g/mol. The Morgan fingerprint density at radius 2 is 2.00 bits per heavy atom. The highest BCUT2D eigenvalue weighted by atomic mass is 32.2. The lowest BCUT2D eigenvalue weighted by atomic mass is 10.1. The third-order valence-electron chi connectivity index (χ3n) is 3.67. The number of aryl methyl sites for hydroxylation is 1. The van der Waals surface area contributed by atoms with Gasteiger partial charge in [-0.25, -0.2) is 4.98 Å². The molecular formula is C17H15N5OS2. The van der Waals surface area contributed by atoms with Gasteiger partial charge in [0.15, 0.2) is 5.82 Å². The van der Waals surface area contributed by atoms with E-state index in [-0.39, 0.29) is 0 Å². The minimum absolute atomic E-state index is 0.531.